The number of fused-ring (bicyclic) bond motifs is 1. The van der Waals surface area contributed by atoms with E-state index < -0.39 is 5.91 Å². The standard InChI is InChI=1S/C24H16ClN3O2S/c1-15-19(25)7-3-8-20(15)28-24(29)17(14-26)13-18-10-11-22(30-18)31-21-9-2-5-16-6-4-12-27-23(16)21/h2-13H,1H3,(H,28,29)/b17-13+. The Morgan fingerprint density at radius 1 is 1.16 bits per heavy atom. The molecular weight excluding hydrogens is 430 g/mol. The highest BCUT2D eigenvalue weighted by atomic mass is 35.5. The average molecular weight is 446 g/mol. The Hall–Kier alpha value is -3.53. The van der Waals surface area contributed by atoms with Crippen LogP contribution in [0.15, 0.2) is 86.8 Å². The van der Waals surface area contributed by atoms with E-state index in [1.165, 1.54) is 17.8 Å². The lowest BCUT2D eigenvalue weighted by atomic mass is 10.1. The fraction of sp³-hybridized carbons (Fsp3) is 0.0417. The molecule has 2 aromatic heterocycles. The summed E-state index contributed by atoms with van der Waals surface area (Å²) in [4.78, 5) is 18.0. The molecule has 0 aliphatic heterocycles. The summed E-state index contributed by atoms with van der Waals surface area (Å²) in [5.41, 5.74) is 2.10. The first-order valence-corrected chi connectivity index (χ1v) is 10.5. The van der Waals surface area contributed by atoms with Crippen LogP contribution in [0.1, 0.15) is 11.3 Å². The molecule has 2 aromatic carbocycles. The minimum atomic E-state index is -0.531. The molecule has 0 aliphatic rings. The number of nitrogens with zero attached hydrogens (tertiary/aromatic N) is 2. The highest BCUT2D eigenvalue weighted by molar-refractivity contribution is 7.99. The van der Waals surface area contributed by atoms with Gasteiger partial charge in [-0.1, -0.05) is 35.9 Å². The summed E-state index contributed by atoms with van der Waals surface area (Å²) in [5, 5.41) is 14.4. The molecule has 0 aliphatic carbocycles. The molecule has 31 heavy (non-hydrogen) atoms. The van der Waals surface area contributed by atoms with Crippen molar-refractivity contribution in [2.75, 3.05) is 5.32 Å². The van der Waals surface area contributed by atoms with Crippen molar-refractivity contribution in [1.82, 2.24) is 4.98 Å². The molecule has 1 amide bonds. The van der Waals surface area contributed by atoms with Crippen LogP contribution in [-0.2, 0) is 4.79 Å². The van der Waals surface area contributed by atoms with Gasteiger partial charge in [0.15, 0.2) is 5.09 Å². The van der Waals surface area contributed by atoms with Crippen molar-refractivity contribution in [3.63, 3.8) is 0 Å². The number of nitriles is 1. The van der Waals surface area contributed by atoms with E-state index in [1.807, 2.05) is 36.4 Å². The number of nitrogens with one attached hydrogen (secondary N) is 1. The second kappa shape index (κ2) is 9.09. The number of hydrogen-bond donors (Lipinski definition) is 1. The van der Waals surface area contributed by atoms with E-state index in [1.54, 1.807) is 43.5 Å². The predicted molar refractivity (Wildman–Crippen MR) is 123 cm³/mol. The quantitative estimate of drug-likeness (QED) is 0.280. The number of benzene rings is 2. The van der Waals surface area contributed by atoms with Crippen molar-refractivity contribution in [1.29, 1.82) is 5.26 Å². The van der Waals surface area contributed by atoms with Gasteiger partial charge in [0.25, 0.3) is 5.91 Å². The Labute approximate surface area is 188 Å². The molecule has 0 fully saturated rings. The number of aromatic nitrogens is 1. The van der Waals surface area contributed by atoms with E-state index >= 15 is 0 Å². The van der Waals surface area contributed by atoms with E-state index in [0.717, 1.165) is 21.4 Å². The van der Waals surface area contributed by atoms with Crippen LogP contribution < -0.4 is 5.32 Å². The van der Waals surface area contributed by atoms with Gasteiger partial charge in [0.05, 0.1) is 5.52 Å². The zero-order valence-corrected chi connectivity index (χ0v) is 18.0. The van der Waals surface area contributed by atoms with E-state index in [2.05, 4.69) is 10.3 Å². The predicted octanol–water partition coefficient (Wildman–Crippen LogP) is 6.49. The summed E-state index contributed by atoms with van der Waals surface area (Å²) in [7, 11) is 0. The number of anilines is 1. The van der Waals surface area contributed by atoms with Crippen LogP contribution in [0.5, 0.6) is 0 Å². The maximum atomic E-state index is 12.6. The van der Waals surface area contributed by atoms with Gasteiger partial charge in [0.2, 0.25) is 0 Å². The molecule has 2 heterocycles. The van der Waals surface area contributed by atoms with Gasteiger partial charge >= 0.3 is 0 Å². The number of rotatable bonds is 5. The third-order valence-corrected chi connectivity index (χ3v) is 5.96. The SMILES string of the molecule is Cc1c(Cl)cccc1NC(=O)/C(C#N)=C/c1ccc(Sc2cccc3cccnc23)o1. The van der Waals surface area contributed by atoms with Crippen molar-refractivity contribution in [2.45, 2.75) is 16.9 Å². The van der Waals surface area contributed by atoms with Crippen LogP contribution >= 0.6 is 23.4 Å². The first kappa shape index (κ1) is 20.7. The van der Waals surface area contributed by atoms with Gasteiger partial charge in [0.1, 0.15) is 17.4 Å². The number of furan rings is 1. The molecule has 7 heteroatoms. The van der Waals surface area contributed by atoms with Crippen molar-refractivity contribution < 1.29 is 9.21 Å². The molecule has 1 N–H and O–H groups in total. The van der Waals surface area contributed by atoms with Crippen LogP contribution in [0, 0.1) is 18.3 Å². The molecule has 0 saturated heterocycles. The first-order chi connectivity index (χ1) is 15.0. The van der Waals surface area contributed by atoms with E-state index in [0.29, 0.717) is 21.6 Å². The van der Waals surface area contributed by atoms with Gasteiger partial charge in [-0.25, -0.2) is 0 Å². The van der Waals surface area contributed by atoms with E-state index in [9.17, 15) is 10.1 Å². The fourth-order valence-electron chi connectivity index (χ4n) is 2.96. The second-order valence-electron chi connectivity index (χ2n) is 6.63. The van der Waals surface area contributed by atoms with Crippen molar-refractivity contribution in [3.8, 4) is 6.07 Å². The zero-order chi connectivity index (χ0) is 21.8. The number of amides is 1. The first-order valence-electron chi connectivity index (χ1n) is 9.35. The van der Waals surface area contributed by atoms with Crippen LogP contribution in [0.25, 0.3) is 17.0 Å². The topological polar surface area (TPSA) is 78.9 Å². The second-order valence-corrected chi connectivity index (χ2v) is 8.08. The Bertz CT molecular complexity index is 1350. The van der Waals surface area contributed by atoms with Crippen molar-refractivity contribution in [3.05, 3.63) is 88.8 Å². The molecule has 0 atom stereocenters. The Morgan fingerprint density at radius 3 is 2.81 bits per heavy atom. The monoisotopic (exact) mass is 445 g/mol. The number of hydrogen-bond acceptors (Lipinski definition) is 5. The maximum Gasteiger partial charge on any atom is 0.266 e. The summed E-state index contributed by atoms with van der Waals surface area (Å²) < 4.78 is 5.82. The largest absolute Gasteiger partial charge is 0.450 e. The molecule has 152 valence electrons. The van der Waals surface area contributed by atoms with Crippen LogP contribution in [-0.4, -0.2) is 10.9 Å². The third kappa shape index (κ3) is 4.64. The number of carbonyl (C=O) groups excluding carboxylic acids is 1. The van der Waals surface area contributed by atoms with Crippen LogP contribution in [0.2, 0.25) is 5.02 Å². The minimum absolute atomic E-state index is 0.0721. The van der Waals surface area contributed by atoms with E-state index in [4.69, 9.17) is 16.0 Å². The summed E-state index contributed by atoms with van der Waals surface area (Å²) in [6, 6.07) is 20.5. The lowest BCUT2D eigenvalue weighted by Gasteiger charge is -2.08. The molecule has 4 aromatic rings. The number of pyridine rings is 1. The molecule has 0 saturated carbocycles. The number of para-hydroxylation sites is 1. The van der Waals surface area contributed by atoms with Gasteiger partial charge in [-0.2, -0.15) is 5.26 Å². The van der Waals surface area contributed by atoms with Gasteiger partial charge in [0, 0.05) is 33.3 Å². The third-order valence-electron chi connectivity index (χ3n) is 4.58. The molecule has 5 nitrogen and oxygen atoms in total. The average Bonchev–Trinajstić information content (AvgIpc) is 3.22. The molecule has 0 spiro atoms. The minimum Gasteiger partial charge on any atom is -0.450 e. The van der Waals surface area contributed by atoms with Crippen molar-refractivity contribution >= 4 is 51.9 Å². The molecule has 0 radical (unpaired) electrons. The summed E-state index contributed by atoms with van der Waals surface area (Å²) in [5.74, 6) is -0.123. The summed E-state index contributed by atoms with van der Waals surface area (Å²) in [6.45, 7) is 1.80. The Kier molecular flexibility index (Phi) is 6.08. The Morgan fingerprint density at radius 2 is 1.97 bits per heavy atom. The maximum absolute atomic E-state index is 12.6. The van der Waals surface area contributed by atoms with Gasteiger partial charge in [-0.05, 0) is 60.6 Å². The van der Waals surface area contributed by atoms with Crippen LogP contribution in [0.3, 0.4) is 0 Å². The van der Waals surface area contributed by atoms with Gasteiger partial charge < -0.3 is 9.73 Å². The normalized spacial score (nSPS) is 11.3. The van der Waals surface area contributed by atoms with Gasteiger partial charge in [-0.3, -0.25) is 9.78 Å². The summed E-state index contributed by atoms with van der Waals surface area (Å²) in [6.07, 6.45) is 3.17. The molecule has 4 rings (SSSR count). The zero-order valence-electron chi connectivity index (χ0n) is 16.4. The fourth-order valence-corrected chi connectivity index (χ4v) is 4.04. The summed E-state index contributed by atoms with van der Waals surface area (Å²) >= 11 is 7.52. The lowest BCUT2D eigenvalue weighted by molar-refractivity contribution is -0.112. The Balaban J connectivity index is 1.54. The molecule has 0 unspecified atom stereocenters. The molecular formula is C24H16ClN3O2S. The highest BCUT2D eigenvalue weighted by Crippen LogP contribution is 2.34. The van der Waals surface area contributed by atoms with E-state index in [-0.39, 0.29) is 5.57 Å². The van der Waals surface area contributed by atoms with Crippen molar-refractivity contribution in [2.24, 2.45) is 0 Å². The van der Waals surface area contributed by atoms with Crippen LogP contribution in [0.4, 0.5) is 5.69 Å². The smallest absolute Gasteiger partial charge is 0.266 e. The molecule has 0 bridgehead atoms. The number of halogens is 1. The highest BCUT2D eigenvalue weighted by Gasteiger charge is 2.14. The lowest BCUT2D eigenvalue weighted by Crippen LogP contribution is -2.14. The van der Waals surface area contributed by atoms with Gasteiger partial charge in [-0.15, -0.1) is 0 Å². The number of carbonyl (C=O) groups is 1.